The van der Waals surface area contributed by atoms with Gasteiger partial charge in [0.2, 0.25) is 0 Å². The van der Waals surface area contributed by atoms with Crippen molar-refractivity contribution in [3.63, 3.8) is 0 Å². The summed E-state index contributed by atoms with van der Waals surface area (Å²) < 4.78 is 36.4. The summed E-state index contributed by atoms with van der Waals surface area (Å²) in [6.45, 7) is 0. The Bertz CT molecular complexity index is 414. The van der Waals surface area contributed by atoms with E-state index in [4.69, 9.17) is 5.11 Å². The number of phenols is 1. The van der Waals surface area contributed by atoms with E-state index in [9.17, 15) is 13.0 Å². The minimum absolute atomic E-state index is 0. The molecule has 0 aliphatic heterocycles. The van der Waals surface area contributed by atoms with Crippen LogP contribution in [0.3, 0.4) is 0 Å². The Hall–Kier alpha value is -0.270. The van der Waals surface area contributed by atoms with E-state index in [1.165, 1.54) is 19.2 Å². The van der Waals surface area contributed by atoms with Gasteiger partial charge in [-0.25, -0.2) is 8.42 Å². The normalized spacial score (nSPS) is 10.4. The molecular formula is C7H7NaO5S. The van der Waals surface area contributed by atoms with Crippen molar-refractivity contribution in [2.45, 2.75) is 4.90 Å². The third-order valence-electron chi connectivity index (χ3n) is 1.43. The topological polar surface area (TPSA) is 86.7 Å². The second-order valence-electron chi connectivity index (χ2n) is 2.26. The standard InChI is InChI=1S/C7H8O5S.Na/c1-12-7-5(8)3-2-4-6(7)13(9,10)11;/h2-4,8H,1H3,(H,9,10,11);/q;+1/p-1. The largest absolute Gasteiger partial charge is 1.00 e. The molecule has 1 N–H and O–H groups in total. The Morgan fingerprint density at radius 3 is 2.36 bits per heavy atom. The van der Waals surface area contributed by atoms with Gasteiger partial charge in [-0.05, 0) is 12.1 Å². The summed E-state index contributed by atoms with van der Waals surface area (Å²) in [5, 5.41) is 9.13. The van der Waals surface area contributed by atoms with Gasteiger partial charge in [-0.3, -0.25) is 0 Å². The van der Waals surface area contributed by atoms with Gasteiger partial charge in [0.1, 0.15) is 15.0 Å². The fraction of sp³-hybridized carbons (Fsp3) is 0.143. The van der Waals surface area contributed by atoms with Gasteiger partial charge in [0.05, 0.1) is 7.11 Å². The molecule has 0 unspecified atom stereocenters. The van der Waals surface area contributed by atoms with Gasteiger partial charge in [0.15, 0.2) is 11.5 Å². The summed E-state index contributed by atoms with van der Waals surface area (Å²) in [6, 6.07) is 3.55. The molecule has 0 saturated carbocycles. The molecule has 0 bridgehead atoms. The maximum Gasteiger partial charge on any atom is 1.00 e. The van der Waals surface area contributed by atoms with Crippen LogP contribution in [0, 0.1) is 0 Å². The zero-order valence-electron chi connectivity index (χ0n) is 7.72. The second kappa shape index (κ2) is 4.99. The maximum absolute atomic E-state index is 10.6. The molecule has 0 aliphatic carbocycles. The molecule has 1 rings (SSSR count). The monoisotopic (exact) mass is 226 g/mol. The summed E-state index contributed by atoms with van der Waals surface area (Å²) in [4.78, 5) is -0.560. The first kappa shape index (κ1) is 13.7. The predicted molar refractivity (Wildman–Crippen MR) is 42.6 cm³/mol. The fourth-order valence-corrected chi connectivity index (χ4v) is 1.57. The van der Waals surface area contributed by atoms with E-state index in [2.05, 4.69) is 4.74 Å². The van der Waals surface area contributed by atoms with Crippen LogP contribution in [0.1, 0.15) is 0 Å². The molecule has 1 aromatic rings. The number of hydrogen-bond acceptors (Lipinski definition) is 5. The van der Waals surface area contributed by atoms with Crippen molar-refractivity contribution < 1.29 is 52.4 Å². The molecule has 0 saturated heterocycles. The molecule has 1 aromatic carbocycles. The Balaban J connectivity index is 0.00000169. The number of benzene rings is 1. The van der Waals surface area contributed by atoms with Crippen LogP contribution in [0.5, 0.6) is 11.5 Å². The van der Waals surface area contributed by atoms with Crippen LogP contribution < -0.4 is 34.3 Å². The van der Waals surface area contributed by atoms with E-state index in [1.807, 2.05) is 0 Å². The van der Waals surface area contributed by atoms with Crippen LogP contribution >= 0.6 is 0 Å². The summed E-state index contributed by atoms with van der Waals surface area (Å²) in [5.41, 5.74) is 0. The summed E-state index contributed by atoms with van der Waals surface area (Å²) in [5.74, 6) is -0.697. The zero-order valence-corrected chi connectivity index (χ0v) is 10.5. The fourth-order valence-electron chi connectivity index (χ4n) is 0.906. The molecule has 0 amide bonds. The molecule has 0 atom stereocenters. The van der Waals surface area contributed by atoms with Gasteiger partial charge < -0.3 is 14.4 Å². The minimum Gasteiger partial charge on any atom is -0.744 e. The van der Waals surface area contributed by atoms with Crippen molar-refractivity contribution >= 4 is 10.1 Å². The average Bonchev–Trinajstić information content (AvgIpc) is 2.02. The van der Waals surface area contributed by atoms with E-state index in [0.29, 0.717) is 0 Å². The Morgan fingerprint density at radius 1 is 1.43 bits per heavy atom. The molecule has 72 valence electrons. The SMILES string of the molecule is COc1c(O)cccc1S(=O)(=O)[O-].[Na+]. The molecule has 0 aliphatic rings. The molecule has 0 radical (unpaired) electrons. The average molecular weight is 226 g/mol. The van der Waals surface area contributed by atoms with Crippen LogP contribution in [0.2, 0.25) is 0 Å². The first-order chi connectivity index (χ1) is 5.96. The third-order valence-corrected chi connectivity index (χ3v) is 2.29. The molecule has 5 nitrogen and oxygen atoms in total. The first-order valence-corrected chi connectivity index (χ1v) is 4.69. The second-order valence-corrected chi connectivity index (χ2v) is 3.61. The number of para-hydroxylation sites is 1. The molecule has 0 fully saturated rings. The van der Waals surface area contributed by atoms with Gasteiger partial charge in [-0.15, -0.1) is 0 Å². The summed E-state index contributed by atoms with van der Waals surface area (Å²) in [7, 11) is -3.43. The van der Waals surface area contributed by atoms with Crippen molar-refractivity contribution in [3.8, 4) is 11.5 Å². The van der Waals surface area contributed by atoms with Crippen molar-refractivity contribution in [2.24, 2.45) is 0 Å². The molecule has 0 heterocycles. The van der Waals surface area contributed by atoms with Crippen molar-refractivity contribution in [2.75, 3.05) is 7.11 Å². The molecule has 0 spiro atoms. The summed E-state index contributed by atoms with van der Waals surface area (Å²) in [6.07, 6.45) is 0. The number of phenolic OH excluding ortho intramolecular Hbond substituents is 1. The quantitative estimate of drug-likeness (QED) is 0.438. The van der Waals surface area contributed by atoms with E-state index in [0.717, 1.165) is 6.07 Å². The van der Waals surface area contributed by atoms with Crippen molar-refractivity contribution in [1.29, 1.82) is 0 Å². The van der Waals surface area contributed by atoms with E-state index < -0.39 is 15.0 Å². The number of rotatable bonds is 2. The van der Waals surface area contributed by atoms with Crippen LogP contribution in [0.25, 0.3) is 0 Å². The van der Waals surface area contributed by atoms with Crippen molar-refractivity contribution in [3.05, 3.63) is 18.2 Å². The molecule has 0 aromatic heterocycles. The van der Waals surface area contributed by atoms with Crippen LogP contribution in [0.15, 0.2) is 23.1 Å². The Kier molecular flexibility index (Phi) is 4.90. The van der Waals surface area contributed by atoms with Crippen molar-refractivity contribution in [1.82, 2.24) is 0 Å². The van der Waals surface area contributed by atoms with Gasteiger partial charge >= 0.3 is 29.6 Å². The van der Waals surface area contributed by atoms with Gasteiger partial charge in [-0.1, -0.05) is 6.07 Å². The van der Waals surface area contributed by atoms with Crippen LogP contribution in [0.4, 0.5) is 0 Å². The van der Waals surface area contributed by atoms with Gasteiger partial charge in [0, 0.05) is 0 Å². The molecule has 7 heteroatoms. The minimum atomic E-state index is -4.60. The molecule has 14 heavy (non-hydrogen) atoms. The number of hydrogen-bond donors (Lipinski definition) is 1. The molecular weight excluding hydrogens is 219 g/mol. The van der Waals surface area contributed by atoms with Gasteiger partial charge in [0.25, 0.3) is 0 Å². The van der Waals surface area contributed by atoms with Crippen LogP contribution in [-0.4, -0.2) is 25.2 Å². The first-order valence-electron chi connectivity index (χ1n) is 3.28. The number of methoxy groups -OCH3 is 1. The predicted octanol–water partition coefficient (Wildman–Crippen LogP) is -2.69. The summed E-state index contributed by atoms with van der Waals surface area (Å²) >= 11 is 0. The third kappa shape index (κ3) is 2.86. The van der Waals surface area contributed by atoms with Crippen LogP contribution in [-0.2, 0) is 10.1 Å². The smallest absolute Gasteiger partial charge is 0.744 e. The van der Waals surface area contributed by atoms with E-state index in [1.54, 1.807) is 0 Å². The Labute approximate surface area is 104 Å². The number of ether oxygens (including phenoxy) is 1. The Morgan fingerprint density at radius 2 is 2.00 bits per heavy atom. The van der Waals surface area contributed by atoms with E-state index in [-0.39, 0.29) is 41.1 Å². The zero-order chi connectivity index (χ0) is 10.1. The maximum atomic E-state index is 10.6. The van der Waals surface area contributed by atoms with E-state index >= 15 is 0 Å². The van der Waals surface area contributed by atoms with Gasteiger partial charge in [-0.2, -0.15) is 0 Å². The number of aromatic hydroxyl groups is 1.